The van der Waals surface area contributed by atoms with Crippen molar-refractivity contribution in [1.29, 1.82) is 0 Å². The van der Waals surface area contributed by atoms with E-state index < -0.39 is 0 Å². The molecule has 0 aromatic carbocycles. The Morgan fingerprint density at radius 1 is 1.18 bits per heavy atom. The molecule has 0 aromatic rings. The van der Waals surface area contributed by atoms with E-state index in [4.69, 9.17) is 14.2 Å². The maximum Gasteiger partial charge on any atom is 0.0918 e. The van der Waals surface area contributed by atoms with Gasteiger partial charge in [-0.1, -0.05) is 0 Å². The smallest absolute Gasteiger partial charge is 0.0918 e. The van der Waals surface area contributed by atoms with Gasteiger partial charge in [0, 0.05) is 5.92 Å². The molecule has 3 aliphatic heterocycles. The Kier molecular flexibility index (Phi) is 1.15. The molecule has 0 aromatic heterocycles. The predicted octanol–water partition coefficient (Wildman–Crippen LogP) is 0.187. The van der Waals surface area contributed by atoms with Crippen LogP contribution in [-0.4, -0.2) is 37.6 Å². The zero-order valence-electron chi connectivity index (χ0n) is 6.53. The van der Waals surface area contributed by atoms with Gasteiger partial charge in [0.15, 0.2) is 0 Å². The zero-order chi connectivity index (χ0) is 7.42. The van der Waals surface area contributed by atoms with Gasteiger partial charge in [0.05, 0.1) is 37.6 Å². The summed E-state index contributed by atoms with van der Waals surface area (Å²) in [4.78, 5) is 0. The molecule has 0 aliphatic carbocycles. The molecule has 0 bridgehead atoms. The molecule has 3 saturated heterocycles. The van der Waals surface area contributed by atoms with Crippen LogP contribution in [0.4, 0.5) is 0 Å². The van der Waals surface area contributed by atoms with Gasteiger partial charge in [-0.2, -0.15) is 0 Å². The van der Waals surface area contributed by atoms with E-state index >= 15 is 0 Å². The molecule has 0 spiro atoms. The van der Waals surface area contributed by atoms with Crippen molar-refractivity contribution in [1.82, 2.24) is 0 Å². The van der Waals surface area contributed by atoms with Crippen LogP contribution in [0.25, 0.3) is 0 Å². The highest BCUT2D eigenvalue weighted by Crippen LogP contribution is 2.42. The summed E-state index contributed by atoms with van der Waals surface area (Å²) in [5, 5.41) is 0. The van der Waals surface area contributed by atoms with Crippen LogP contribution >= 0.6 is 0 Å². The average molecular weight is 156 g/mol. The van der Waals surface area contributed by atoms with E-state index in [2.05, 4.69) is 6.92 Å². The Bertz CT molecular complexity index is 162. The summed E-state index contributed by atoms with van der Waals surface area (Å²) < 4.78 is 15.9. The van der Waals surface area contributed by atoms with Gasteiger partial charge in [0.2, 0.25) is 0 Å². The molecule has 3 heterocycles. The third-order valence-corrected chi connectivity index (χ3v) is 2.71. The van der Waals surface area contributed by atoms with Crippen molar-refractivity contribution in [3.05, 3.63) is 0 Å². The van der Waals surface area contributed by atoms with Gasteiger partial charge >= 0.3 is 0 Å². The van der Waals surface area contributed by atoms with Crippen LogP contribution in [0.1, 0.15) is 6.92 Å². The minimum absolute atomic E-state index is 0.426. The second kappa shape index (κ2) is 1.97. The second-order valence-corrected chi connectivity index (χ2v) is 3.63. The molecule has 0 N–H and O–H groups in total. The predicted molar refractivity (Wildman–Crippen MR) is 37.3 cm³/mol. The number of ether oxygens (including phenoxy) is 3. The van der Waals surface area contributed by atoms with E-state index in [0.717, 1.165) is 13.2 Å². The SMILES string of the molecule is CC1OC1C(C1CO1)C1CO1. The minimum atomic E-state index is 0.426. The first-order valence-corrected chi connectivity index (χ1v) is 4.25. The van der Waals surface area contributed by atoms with E-state index in [-0.39, 0.29) is 0 Å². The van der Waals surface area contributed by atoms with E-state index in [1.54, 1.807) is 0 Å². The fourth-order valence-electron chi connectivity index (χ4n) is 1.82. The molecule has 3 rings (SSSR count). The van der Waals surface area contributed by atoms with E-state index in [1.165, 1.54) is 0 Å². The fraction of sp³-hybridized carbons (Fsp3) is 1.00. The molecule has 4 atom stereocenters. The van der Waals surface area contributed by atoms with Crippen molar-refractivity contribution in [2.75, 3.05) is 13.2 Å². The van der Waals surface area contributed by atoms with E-state index in [0.29, 0.717) is 30.3 Å². The largest absolute Gasteiger partial charge is 0.373 e. The van der Waals surface area contributed by atoms with E-state index in [9.17, 15) is 0 Å². The van der Waals surface area contributed by atoms with Gasteiger partial charge in [-0.3, -0.25) is 0 Å². The highest BCUT2D eigenvalue weighted by atomic mass is 16.6. The molecule has 11 heavy (non-hydrogen) atoms. The van der Waals surface area contributed by atoms with Gasteiger partial charge in [0.25, 0.3) is 0 Å². The summed E-state index contributed by atoms with van der Waals surface area (Å²) in [7, 11) is 0. The molecular formula is C8H12O3. The lowest BCUT2D eigenvalue weighted by molar-refractivity contribution is 0.215. The lowest BCUT2D eigenvalue weighted by Crippen LogP contribution is -2.22. The Balaban J connectivity index is 1.68. The van der Waals surface area contributed by atoms with Crippen LogP contribution in [-0.2, 0) is 14.2 Å². The quantitative estimate of drug-likeness (QED) is 0.547. The van der Waals surface area contributed by atoms with Gasteiger partial charge in [-0.15, -0.1) is 0 Å². The van der Waals surface area contributed by atoms with Crippen molar-refractivity contribution < 1.29 is 14.2 Å². The molecular weight excluding hydrogens is 144 g/mol. The fourth-order valence-corrected chi connectivity index (χ4v) is 1.82. The summed E-state index contributed by atoms with van der Waals surface area (Å²) in [6, 6.07) is 0. The van der Waals surface area contributed by atoms with Gasteiger partial charge < -0.3 is 14.2 Å². The monoisotopic (exact) mass is 156 g/mol. The first-order valence-electron chi connectivity index (χ1n) is 4.25. The van der Waals surface area contributed by atoms with Crippen molar-refractivity contribution in [2.24, 2.45) is 5.92 Å². The highest BCUT2D eigenvalue weighted by molar-refractivity contribution is 5.01. The second-order valence-electron chi connectivity index (χ2n) is 3.63. The summed E-state index contributed by atoms with van der Waals surface area (Å²) in [5.41, 5.74) is 0. The van der Waals surface area contributed by atoms with Crippen molar-refractivity contribution >= 4 is 0 Å². The summed E-state index contributed by atoms with van der Waals surface area (Å²) in [6.45, 7) is 3.94. The summed E-state index contributed by atoms with van der Waals surface area (Å²) in [5.74, 6) is 0.532. The van der Waals surface area contributed by atoms with Gasteiger partial charge in [0.1, 0.15) is 0 Å². The number of rotatable bonds is 3. The number of hydrogen-bond acceptors (Lipinski definition) is 3. The Morgan fingerprint density at radius 2 is 1.64 bits per heavy atom. The molecule has 3 aliphatic rings. The molecule has 4 unspecified atom stereocenters. The molecule has 0 radical (unpaired) electrons. The normalized spacial score (nSPS) is 55.4. The molecule has 0 saturated carbocycles. The molecule has 3 fully saturated rings. The van der Waals surface area contributed by atoms with Crippen LogP contribution in [0.15, 0.2) is 0 Å². The van der Waals surface area contributed by atoms with Crippen molar-refractivity contribution in [3.8, 4) is 0 Å². The lowest BCUT2D eigenvalue weighted by atomic mass is 9.96. The minimum Gasteiger partial charge on any atom is -0.373 e. The summed E-state index contributed by atoms with van der Waals surface area (Å²) in [6.07, 6.45) is 1.75. The third-order valence-electron chi connectivity index (χ3n) is 2.71. The van der Waals surface area contributed by atoms with Crippen LogP contribution in [0.3, 0.4) is 0 Å². The first-order chi connectivity index (χ1) is 5.36. The molecule has 0 amide bonds. The first kappa shape index (κ1) is 6.40. The Hall–Kier alpha value is -0.120. The Labute approximate surface area is 65.6 Å². The lowest BCUT2D eigenvalue weighted by Gasteiger charge is -2.06. The standard InChI is InChI=1S/C8H12O3/c1-4-8(11-4)7(5-2-9-5)6-3-10-6/h4-8H,2-3H2,1H3. The van der Waals surface area contributed by atoms with Crippen LogP contribution in [0.2, 0.25) is 0 Å². The Morgan fingerprint density at radius 3 is 1.91 bits per heavy atom. The van der Waals surface area contributed by atoms with E-state index in [1.807, 2.05) is 0 Å². The maximum atomic E-state index is 5.42. The zero-order valence-corrected chi connectivity index (χ0v) is 6.53. The van der Waals surface area contributed by atoms with Crippen molar-refractivity contribution in [2.45, 2.75) is 31.3 Å². The van der Waals surface area contributed by atoms with Crippen LogP contribution in [0.5, 0.6) is 0 Å². The van der Waals surface area contributed by atoms with Crippen molar-refractivity contribution in [3.63, 3.8) is 0 Å². The number of hydrogen-bond donors (Lipinski definition) is 0. The molecule has 3 heteroatoms. The summed E-state index contributed by atoms with van der Waals surface area (Å²) >= 11 is 0. The maximum absolute atomic E-state index is 5.42. The number of epoxide rings is 3. The molecule has 62 valence electrons. The highest BCUT2D eigenvalue weighted by Gasteiger charge is 2.55. The van der Waals surface area contributed by atoms with Gasteiger partial charge in [-0.05, 0) is 6.92 Å². The molecule has 3 nitrogen and oxygen atoms in total. The van der Waals surface area contributed by atoms with Gasteiger partial charge in [-0.25, -0.2) is 0 Å². The van der Waals surface area contributed by atoms with Crippen LogP contribution in [0, 0.1) is 5.92 Å². The van der Waals surface area contributed by atoms with Crippen LogP contribution < -0.4 is 0 Å². The third kappa shape index (κ3) is 1.08. The average Bonchev–Trinajstić information content (AvgIpc) is 2.72. The topological polar surface area (TPSA) is 37.6 Å².